The van der Waals surface area contributed by atoms with Gasteiger partial charge in [0, 0.05) is 34.5 Å². The second kappa shape index (κ2) is 6.55. The van der Waals surface area contributed by atoms with Crippen molar-refractivity contribution in [3.8, 4) is 21.7 Å². The van der Waals surface area contributed by atoms with Crippen LogP contribution in [0.3, 0.4) is 0 Å². The molecule has 0 aliphatic carbocycles. The van der Waals surface area contributed by atoms with E-state index in [-0.39, 0.29) is 5.91 Å². The number of amides is 1. The lowest BCUT2D eigenvalue weighted by molar-refractivity contribution is -0.114. The largest absolute Gasteiger partial charge is 0.302 e. The number of hydrogen-bond donors (Lipinski definition) is 1. The van der Waals surface area contributed by atoms with Crippen LogP contribution in [0.25, 0.3) is 31.9 Å². The fourth-order valence-electron chi connectivity index (χ4n) is 2.60. The van der Waals surface area contributed by atoms with Crippen LogP contribution < -0.4 is 5.32 Å². The van der Waals surface area contributed by atoms with Crippen molar-refractivity contribution in [3.63, 3.8) is 0 Å². The van der Waals surface area contributed by atoms with Crippen molar-refractivity contribution >= 4 is 55.5 Å². The summed E-state index contributed by atoms with van der Waals surface area (Å²) in [5.74, 6) is -0.128. The number of halogens is 1. The number of hydrogen-bond acceptors (Lipinski definition) is 5. The van der Waals surface area contributed by atoms with Gasteiger partial charge in [0.15, 0.2) is 5.13 Å². The number of fused-ring (bicyclic) bond motifs is 1. The molecule has 4 nitrogen and oxygen atoms in total. The van der Waals surface area contributed by atoms with E-state index < -0.39 is 0 Å². The van der Waals surface area contributed by atoms with Crippen LogP contribution in [-0.4, -0.2) is 15.9 Å². The Labute approximate surface area is 157 Å². The van der Waals surface area contributed by atoms with Crippen LogP contribution in [0.5, 0.6) is 0 Å². The smallest absolute Gasteiger partial charge is 0.223 e. The molecule has 0 unspecified atom stereocenters. The van der Waals surface area contributed by atoms with Crippen LogP contribution in [0.15, 0.2) is 48.0 Å². The van der Waals surface area contributed by atoms with Gasteiger partial charge in [-0.1, -0.05) is 23.7 Å². The molecule has 0 fully saturated rings. The number of carbonyl (C=O) groups is 1. The van der Waals surface area contributed by atoms with Gasteiger partial charge in [-0.2, -0.15) is 0 Å². The number of aromatic nitrogens is 2. The fraction of sp³-hybridized carbons (Fsp3) is 0.0556. The highest BCUT2D eigenvalue weighted by Gasteiger charge is 2.18. The Morgan fingerprint density at radius 3 is 2.76 bits per heavy atom. The maximum absolute atomic E-state index is 11.3. The highest BCUT2D eigenvalue weighted by Crippen LogP contribution is 2.44. The third-order valence-electron chi connectivity index (χ3n) is 3.62. The predicted molar refractivity (Wildman–Crippen MR) is 105 cm³/mol. The minimum absolute atomic E-state index is 0.128. The summed E-state index contributed by atoms with van der Waals surface area (Å²) >= 11 is 9.05. The van der Waals surface area contributed by atoms with Crippen molar-refractivity contribution < 1.29 is 4.79 Å². The molecule has 0 spiro atoms. The molecule has 124 valence electrons. The molecule has 4 aromatic rings. The molecule has 0 saturated heterocycles. The number of carbonyl (C=O) groups excluding carboxylic acids is 1. The Hall–Kier alpha value is -2.28. The van der Waals surface area contributed by atoms with Crippen LogP contribution in [0.1, 0.15) is 6.92 Å². The Morgan fingerprint density at radius 2 is 2.00 bits per heavy atom. The number of nitrogens with zero attached hydrogens (tertiary/aromatic N) is 2. The molecule has 0 saturated carbocycles. The van der Waals surface area contributed by atoms with Gasteiger partial charge in [-0.3, -0.25) is 4.79 Å². The van der Waals surface area contributed by atoms with Crippen LogP contribution >= 0.6 is 34.3 Å². The number of nitrogens with one attached hydrogen (secondary N) is 1. The maximum atomic E-state index is 11.3. The summed E-state index contributed by atoms with van der Waals surface area (Å²) < 4.78 is 0. The Bertz CT molecular complexity index is 1070. The first-order chi connectivity index (χ1) is 12.1. The normalized spacial score (nSPS) is 11.0. The Kier molecular flexibility index (Phi) is 4.25. The van der Waals surface area contributed by atoms with Gasteiger partial charge in [0.2, 0.25) is 5.91 Å². The first kappa shape index (κ1) is 16.2. The molecule has 0 bridgehead atoms. The van der Waals surface area contributed by atoms with Crippen molar-refractivity contribution in [1.29, 1.82) is 0 Å². The number of thiazole rings is 1. The molecule has 0 radical (unpaired) electrons. The summed E-state index contributed by atoms with van der Waals surface area (Å²) in [7, 11) is 0. The van der Waals surface area contributed by atoms with Gasteiger partial charge in [0.25, 0.3) is 0 Å². The molecule has 1 aromatic carbocycles. The number of anilines is 1. The number of thiophene rings is 1. The van der Waals surface area contributed by atoms with E-state index in [9.17, 15) is 4.79 Å². The molecule has 0 atom stereocenters. The highest BCUT2D eigenvalue weighted by atomic mass is 35.5. The number of rotatable bonds is 3. The van der Waals surface area contributed by atoms with Crippen molar-refractivity contribution in [1.82, 2.24) is 9.97 Å². The van der Waals surface area contributed by atoms with Crippen molar-refractivity contribution in [3.05, 3.63) is 53.0 Å². The van der Waals surface area contributed by atoms with Gasteiger partial charge in [-0.05, 0) is 29.8 Å². The van der Waals surface area contributed by atoms with Gasteiger partial charge in [0.1, 0.15) is 4.83 Å². The van der Waals surface area contributed by atoms with Gasteiger partial charge >= 0.3 is 0 Å². The molecule has 0 aliphatic rings. The summed E-state index contributed by atoms with van der Waals surface area (Å²) in [5, 5.41) is 7.06. The third kappa shape index (κ3) is 3.16. The summed E-state index contributed by atoms with van der Waals surface area (Å²) in [6.45, 7) is 1.48. The quantitative estimate of drug-likeness (QED) is 0.492. The average molecular weight is 386 g/mol. The lowest BCUT2D eigenvalue weighted by atomic mass is 10.0. The van der Waals surface area contributed by atoms with Gasteiger partial charge in [0.05, 0.1) is 10.6 Å². The SMILES string of the molecule is CC(=O)Nc1nc(-c2sc3ncccc3c2-c2ccc(Cl)cc2)cs1. The highest BCUT2D eigenvalue weighted by molar-refractivity contribution is 7.23. The second-order valence-corrected chi connectivity index (χ2v) is 7.68. The van der Waals surface area contributed by atoms with E-state index in [2.05, 4.69) is 21.4 Å². The predicted octanol–water partition coefficient (Wildman–Crippen LogP) is 5.70. The van der Waals surface area contributed by atoms with Crippen LogP contribution in [0.4, 0.5) is 5.13 Å². The Morgan fingerprint density at radius 1 is 1.20 bits per heavy atom. The lowest BCUT2D eigenvalue weighted by Crippen LogP contribution is -2.04. The van der Waals surface area contributed by atoms with Gasteiger partial charge in [-0.25, -0.2) is 9.97 Å². The van der Waals surface area contributed by atoms with Crippen LogP contribution in [0, 0.1) is 0 Å². The Balaban J connectivity index is 1.91. The molecule has 4 rings (SSSR count). The molecule has 7 heteroatoms. The molecule has 0 aliphatic heterocycles. The number of pyridine rings is 1. The standard InChI is InChI=1S/C18H12ClN3OS2/c1-10(23)21-18-22-14(9-24-18)16-15(11-4-6-12(19)7-5-11)13-3-2-8-20-17(13)25-16/h2-9H,1H3,(H,21,22,23). The molecule has 1 amide bonds. The van der Waals surface area contributed by atoms with Crippen molar-refractivity contribution in [2.45, 2.75) is 6.92 Å². The summed E-state index contributed by atoms with van der Waals surface area (Å²) in [6.07, 6.45) is 1.79. The second-order valence-electron chi connectivity index (χ2n) is 5.39. The van der Waals surface area contributed by atoms with E-state index in [1.807, 2.05) is 35.7 Å². The first-order valence-electron chi connectivity index (χ1n) is 7.49. The zero-order chi connectivity index (χ0) is 17.4. The monoisotopic (exact) mass is 385 g/mol. The van der Waals surface area contributed by atoms with E-state index in [1.54, 1.807) is 17.5 Å². The van der Waals surface area contributed by atoms with Crippen LogP contribution in [-0.2, 0) is 4.79 Å². The minimum atomic E-state index is -0.128. The summed E-state index contributed by atoms with van der Waals surface area (Å²) in [4.78, 5) is 22.3. The summed E-state index contributed by atoms with van der Waals surface area (Å²) in [5.41, 5.74) is 2.99. The van der Waals surface area contributed by atoms with E-state index in [4.69, 9.17) is 11.6 Å². The topological polar surface area (TPSA) is 54.9 Å². The lowest BCUT2D eigenvalue weighted by Gasteiger charge is -2.04. The van der Waals surface area contributed by atoms with E-state index in [0.717, 1.165) is 31.9 Å². The molecule has 25 heavy (non-hydrogen) atoms. The van der Waals surface area contributed by atoms with Crippen molar-refractivity contribution in [2.24, 2.45) is 0 Å². The molecule has 1 N–H and O–H groups in total. The van der Waals surface area contributed by atoms with E-state index in [0.29, 0.717) is 10.2 Å². The molecule has 3 heterocycles. The minimum Gasteiger partial charge on any atom is -0.302 e. The zero-order valence-corrected chi connectivity index (χ0v) is 15.5. The molecular weight excluding hydrogens is 374 g/mol. The van der Waals surface area contributed by atoms with Gasteiger partial charge < -0.3 is 5.32 Å². The van der Waals surface area contributed by atoms with E-state index in [1.165, 1.54) is 18.3 Å². The maximum Gasteiger partial charge on any atom is 0.223 e. The zero-order valence-electron chi connectivity index (χ0n) is 13.1. The third-order valence-corrected chi connectivity index (χ3v) is 5.76. The van der Waals surface area contributed by atoms with Crippen molar-refractivity contribution in [2.75, 3.05) is 5.32 Å². The number of benzene rings is 1. The van der Waals surface area contributed by atoms with Gasteiger partial charge in [-0.15, -0.1) is 22.7 Å². The fourth-order valence-corrected chi connectivity index (χ4v) is 4.68. The van der Waals surface area contributed by atoms with E-state index >= 15 is 0 Å². The molecular formula is C18H12ClN3OS2. The first-order valence-corrected chi connectivity index (χ1v) is 9.56. The average Bonchev–Trinajstić information content (AvgIpc) is 3.19. The summed E-state index contributed by atoms with van der Waals surface area (Å²) in [6, 6.07) is 11.8. The molecule has 3 aromatic heterocycles. The van der Waals surface area contributed by atoms with Crippen LogP contribution in [0.2, 0.25) is 5.02 Å².